The number of hydrogen-bond acceptors (Lipinski definition) is 3. The molecular weight excluding hydrogens is 424 g/mol. The minimum atomic E-state index is -0.144. The molecule has 6 nitrogen and oxygen atoms in total. The van der Waals surface area contributed by atoms with Crippen molar-refractivity contribution in [3.63, 3.8) is 0 Å². The third-order valence-corrected chi connectivity index (χ3v) is 5.31. The third kappa shape index (κ3) is 5.34. The van der Waals surface area contributed by atoms with Gasteiger partial charge in [-0.05, 0) is 55.0 Å². The standard InChI is InChI=1S/C25H23ClN4O2/c26-19-12-14-20(15-13-19)28-24(31)17-30-22-10-5-4-9-21(22)29-23(30)11-6-16-27-25(32)18-7-2-1-3-8-18/h1-5,7-10,12-15H,6,11,16-17H2,(H,27,32)(H,28,31). The number of benzene rings is 3. The fourth-order valence-electron chi connectivity index (χ4n) is 3.51. The Balaban J connectivity index is 1.41. The van der Waals surface area contributed by atoms with E-state index in [4.69, 9.17) is 16.6 Å². The van der Waals surface area contributed by atoms with Crippen LogP contribution >= 0.6 is 11.6 Å². The van der Waals surface area contributed by atoms with Crippen molar-refractivity contribution in [1.82, 2.24) is 14.9 Å². The highest BCUT2D eigenvalue weighted by atomic mass is 35.5. The molecule has 0 atom stereocenters. The molecule has 3 aromatic carbocycles. The van der Waals surface area contributed by atoms with Gasteiger partial charge in [0.25, 0.3) is 5.91 Å². The zero-order chi connectivity index (χ0) is 22.3. The van der Waals surface area contributed by atoms with Crippen molar-refractivity contribution in [2.45, 2.75) is 19.4 Å². The molecule has 1 aromatic heterocycles. The van der Waals surface area contributed by atoms with Crippen LogP contribution in [0.25, 0.3) is 11.0 Å². The van der Waals surface area contributed by atoms with Gasteiger partial charge < -0.3 is 15.2 Å². The van der Waals surface area contributed by atoms with E-state index in [1.54, 1.807) is 36.4 Å². The van der Waals surface area contributed by atoms with Gasteiger partial charge in [-0.2, -0.15) is 0 Å². The second-order valence-electron chi connectivity index (χ2n) is 7.38. The maximum absolute atomic E-state index is 12.7. The molecular formula is C25H23ClN4O2. The molecule has 4 rings (SSSR count). The summed E-state index contributed by atoms with van der Waals surface area (Å²) in [5.41, 5.74) is 3.07. The van der Waals surface area contributed by atoms with E-state index in [1.165, 1.54) is 0 Å². The zero-order valence-electron chi connectivity index (χ0n) is 17.4. The lowest BCUT2D eigenvalue weighted by atomic mass is 10.2. The van der Waals surface area contributed by atoms with E-state index in [-0.39, 0.29) is 18.4 Å². The van der Waals surface area contributed by atoms with Crippen LogP contribution in [0.3, 0.4) is 0 Å². The van der Waals surface area contributed by atoms with Crippen molar-refractivity contribution in [3.05, 3.63) is 95.3 Å². The Morgan fingerprint density at radius 3 is 2.41 bits per heavy atom. The van der Waals surface area contributed by atoms with Crippen LogP contribution in [0.1, 0.15) is 22.6 Å². The minimum absolute atomic E-state index is 0.0959. The number of halogens is 1. The molecule has 32 heavy (non-hydrogen) atoms. The number of rotatable bonds is 8. The number of anilines is 1. The van der Waals surface area contributed by atoms with Gasteiger partial charge in [-0.1, -0.05) is 41.9 Å². The Hall–Kier alpha value is -3.64. The first-order valence-electron chi connectivity index (χ1n) is 10.4. The summed E-state index contributed by atoms with van der Waals surface area (Å²) in [7, 11) is 0. The van der Waals surface area contributed by atoms with Gasteiger partial charge in [0.2, 0.25) is 5.91 Å². The zero-order valence-corrected chi connectivity index (χ0v) is 18.2. The van der Waals surface area contributed by atoms with Crippen LogP contribution < -0.4 is 10.6 Å². The highest BCUT2D eigenvalue weighted by molar-refractivity contribution is 6.30. The molecule has 1 heterocycles. The van der Waals surface area contributed by atoms with Crippen molar-refractivity contribution in [3.8, 4) is 0 Å². The van der Waals surface area contributed by atoms with Gasteiger partial charge >= 0.3 is 0 Å². The Morgan fingerprint density at radius 1 is 0.906 bits per heavy atom. The molecule has 0 radical (unpaired) electrons. The molecule has 0 spiro atoms. The van der Waals surface area contributed by atoms with Crippen molar-refractivity contribution in [1.29, 1.82) is 0 Å². The number of carbonyl (C=O) groups excluding carboxylic acids is 2. The van der Waals surface area contributed by atoms with Gasteiger partial charge in [0.05, 0.1) is 11.0 Å². The summed E-state index contributed by atoms with van der Waals surface area (Å²) in [6, 6.07) is 23.9. The molecule has 0 aliphatic rings. The molecule has 4 aromatic rings. The van der Waals surface area contributed by atoms with E-state index >= 15 is 0 Å². The molecule has 2 amide bonds. The number of amides is 2. The van der Waals surface area contributed by atoms with Crippen LogP contribution in [0.2, 0.25) is 5.02 Å². The predicted molar refractivity (Wildman–Crippen MR) is 127 cm³/mol. The molecule has 2 N–H and O–H groups in total. The number of carbonyl (C=O) groups is 2. The molecule has 0 aliphatic carbocycles. The number of nitrogens with zero attached hydrogens (tertiary/aromatic N) is 2. The Morgan fingerprint density at radius 2 is 1.62 bits per heavy atom. The number of fused-ring (bicyclic) bond motifs is 1. The van der Waals surface area contributed by atoms with E-state index in [1.807, 2.05) is 47.0 Å². The SMILES string of the molecule is O=C(Cn1c(CCCNC(=O)c2ccccc2)nc2ccccc21)Nc1ccc(Cl)cc1. The molecule has 7 heteroatoms. The fraction of sp³-hybridized carbons (Fsp3) is 0.160. The predicted octanol–water partition coefficient (Wildman–Crippen LogP) is 4.69. The van der Waals surface area contributed by atoms with Crippen LogP contribution in [0.15, 0.2) is 78.9 Å². The minimum Gasteiger partial charge on any atom is -0.352 e. The largest absolute Gasteiger partial charge is 0.352 e. The summed E-state index contributed by atoms with van der Waals surface area (Å²) < 4.78 is 1.93. The third-order valence-electron chi connectivity index (χ3n) is 5.06. The van der Waals surface area contributed by atoms with Gasteiger partial charge in [-0.15, -0.1) is 0 Å². The Bertz CT molecular complexity index is 1220. The summed E-state index contributed by atoms with van der Waals surface area (Å²) >= 11 is 5.91. The smallest absolute Gasteiger partial charge is 0.251 e. The number of aromatic nitrogens is 2. The summed E-state index contributed by atoms with van der Waals surface area (Å²) in [5.74, 6) is 0.571. The molecule has 162 valence electrons. The van der Waals surface area contributed by atoms with E-state index in [0.29, 0.717) is 35.7 Å². The number of imidazole rings is 1. The van der Waals surface area contributed by atoms with Gasteiger partial charge in [0.1, 0.15) is 12.4 Å². The highest BCUT2D eigenvalue weighted by Crippen LogP contribution is 2.18. The van der Waals surface area contributed by atoms with Crippen molar-refractivity contribution in [2.75, 3.05) is 11.9 Å². The second-order valence-corrected chi connectivity index (χ2v) is 7.82. The van der Waals surface area contributed by atoms with Gasteiger partial charge in [0.15, 0.2) is 0 Å². The van der Waals surface area contributed by atoms with E-state index in [2.05, 4.69) is 10.6 Å². The summed E-state index contributed by atoms with van der Waals surface area (Å²) in [4.78, 5) is 29.6. The van der Waals surface area contributed by atoms with E-state index in [0.717, 1.165) is 16.9 Å². The number of para-hydroxylation sites is 2. The maximum atomic E-state index is 12.7. The average Bonchev–Trinajstić information content (AvgIpc) is 3.16. The van der Waals surface area contributed by atoms with Crippen molar-refractivity contribution >= 4 is 40.1 Å². The fourth-order valence-corrected chi connectivity index (χ4v) is 3.64. The van der Waals surface area contributed by atoms with Crippen LogP contribution in [-0.2, 0) is 17.8 Å². The highest BCUT2D eigenvalue weighted by Gasteiger charge is 2.14. The Kier molecular flexibility index (Phi) is 6.82. The second kappa shape index (κ2) is 10.1. The topological polar surface area (TPSA) is 76.0 Å². The molecule has 0 unspecified atom stereocenters. The van der Waals surface area contributed by atoms with Gasteiger partial charge in [-0.25, -0.2) is 4.98 Å². The van der Waals surface area contributed by atoms with E-state index in [9.17, 15) is 9.59 Å². The lowest BCUT2D eigenvalue weighted by Gasteiger charge is -2.11. The van der Waals surface area contributed by atoms with Gasteiger partial charge in [0, 0.05) is 29.2 Å². The lowest BCUT2D eigenvalue weighted by molar-refractivity contribution is -0.116. The van der Waals surface area contributed by atoms with Crippen LogP contribution in [0.4, 0.5) is 5.69 Å². The van der Waals surface area contributed by atoms with Gasteiger partial charge in [-0.3, -0.25) is 9.59 Å². The molecule has 0 bridgehead atoms. The number of hydrogen-bond donors (Lipinski definition) is 2. The summed E-state index contributed by atoms with van der Waals surface area (Å²) in [5, 5.41) is 6.45. The van der Waals surface area contributed by atoms with Crippen molar-refractivity contribution in [2.24, 2.45) is 0 Å². The van der Waals surface area contributed by atoms with E-state index < -0.39 is 0 Å². The first-order chi connectivity index (χ1) is 15.6. The molecule has 0 saturated heterocycles. The maximum Gasteiger partial charge on any atom is 0.251 e. The molecule has 0 fully saturated rings. The van der Waals surface area contributed by atoms with Crippen molar-refractivity contribution < 1.29 is 9.59 Å². The number of nitrogens with one attached hydrogen (secondary N) is 2. The molecule has 0 saturated carbocycles. The quantitative estimate of drug-likeness (QED) is 0.385. The monoisotopic (exact) mass is 446 g/mol. The normalized spacial score (nSPS) is 10.8. The summed E-state index contributed by atoms with van der Waals surface area (Å²) in [6.45, 7) is 0.669. The number of aryl methyl sites for hydroxylation is 1. The lowest BCUT2D eigenvalue weighted by Crippen LogP contribution is -2.25. The summed E-state index contributed by atoms with van der Waals surface area (Å²) in [6.07, 6.45) is 1.35. The Labute approximate surface area is 191 Å². The first kappa shape index (κ1) is 21.6. The first-order valence-corrected chi connectivity index (χ1v) is 10.8. The molecule has 0 aliphatic heterocycles. The average molecular weight is 447 g/mol. The van der Waals surface area contributed by atoms with Crippen LogP contribution in [-0.4, -0.2) is 27.9 Å². The van der Waals surface area contributed by atoms with Crippen LogP contribution in [0, 0.1) is 0 Å². The van der Waals surface area contributed by atoms with Crippen LogP contribution in [0.5, 0.6) is 0 Å².